The Morgan fingerprint density at radius 1 is 1.15 bits per heavy atom. The summed E-state index contributed by atoms with van der Waals surface area (Å²) >= 11 is 6.48. The van der Waals surface area contributed by atoms with E-state index < -0.39 is 0 Å². The minimum absolute atomic E-state index is 0.420. The number of hydrogen-bond acceptors (Lipinski definition) is 6. The number of aryl methyl sites for hydroxylation is 2. The molecule has 0 spiro atoms. The summed E-state index contributed by atoms with van der Waals surface area (Å²) in [6, 6.07) is 11.9. The highest BCUT2D eigenvalue weighted by Gasteiger charge is 2.14. The van der Waals surface area contributed by atoms with Gasteiger partial charge in [-0.15, -0.1) is 0 Å². The molecule has 142 valence electrons. The van der Waals surface area contributed by atoms with Crippen molar-refractivity contribution in [2.75, 3.05) is 11.9 Å². The van der Waals surface area contributed by atoms with E-state index in [1.165, 1.54) is 5.56 Å². The van der Waals surface area contributed by atoms with Crippen molar-refractivity contribution in [2.45, 2.75) is 27.0 Å². The summed E-state index contributed by atoms with van der Waals surface area (Å²) in [4.78, 5) is 0. The van der Waals surface area contributed by atoms with Crippen molar-refractivity contribution >= 4 is 17.5 Å². The van der Waals surface area contributed by atoms with E-state index in [-0.39, 0.29) is 0 Å². The zero-order chi connectivity index (χ0) is 19.2. The molecule has 0 atom stereocenters. The first-order valence-corrected chi connectivity index (χ1v) is 9.04. The Morgan fingerprint density at radius 2 is 2.00 bits per heavy atom. The van der Waals surface area contributed by atoms with Gasteiger partial charge in [0.15, 0.2) is 11.5 Å². The quantitative estimate of drug-likeness (QED) is 0.634. The molecule has 0 saturated carbocycles. The Labute approximate surface area is 163 Å². The molecular formula is C19H22ClN5O2. The third-order valence-corrected chi connectivity index (χ3v) is 4.19. The SMILES string of the molecule is CCOc1cc(CNc2nnnn2C)cc(Cl)c1OCc1cccc(C)c1. The standard InChI is InChI=1S/C19H22ClN5O2/c1-4-26-17-10-15(11-21-19-22-23-24-25(19)3)9-16(20)18(17)27-12-14-7-5-6-13(2)8-14/h5-10H,4,11-12H2,1-3H3,(H,21,22,24). The first-order valence-electron chi connectivity index (χ1n) is 8.66. The lowest BCUT2D eigenvalue weighted by Gasteiger charge is -2.16. The Balaban J connectivity index is 1.76. The van der Waals surface area contributed by atoms with Gasteiger partial charge in [-0.3, -0.25) is 0 Å². The van der Waals surface area contributed by atoms with Gasteiger partial charge < -0.3 is 14.8 Å². The van der Waals surface area contributed by atoms with Crippen LogP contribution in [0, 0.1) is 6.92 Å². The average molecular weight is 388 g/mol. The normalized spacial score (nSPS) is 10.7. The molecule has 0 aliphatic carbocycles. The third-order valence-electron chi connectivity index (χ3n) is 3.91. The van der Waals surface area contributed by atoms with Gasteiger partial charge in [0.2, 0.25) is 5.95 Å². The van der Waals surface area contributed by atoms with Gasteiger partial charge in [0, 0.05) is 13.6 Å². The van der Waals surface area contributed by atoms with Gasteiger partial charge in [-0.05, 0) is 47.5 Å². The van der Waals surface area contributed by atoms with E-state index in [0.717, 1.165) is 11.1 Å². The fourth-order valence-electron chi connectivity index (χ4n) is 2.64. The van der Waals surface area contributed by atoms with Crippen LogP contribution in [0.1, 0.15) is 23.6 Å². The molecule has 3 aromatic rings. The second-order valence-corrected chi connectivity index (χ2v) is 6.50. The van der Waals surface area contributed by atoms with Crippen LogP contribution < -0.4 is 14.8 Å². The first kappa shape index (κ1) is 19.0. The predicted octanol–water partition coefficient (Wildman–Crippen LogP) is 3.76. The van der Waals surface area contributed by atoms with E-state index in [1.54, 1.807) is 11.7 Å². The maximum Gasteiger partial charge on any atom is 0.242 e. The van der Waals surface area contributed by atoms with Crippen LogP contribution in [0.25, 0.3) is 0 Å². The summed E-state index contributed by atoms with van der Waals surface area (Å²) in [5.74, 6) is 1.73. The minimum Gasteiger partial charge on any atom is -0.490 e. The Bertz CT molecular complexity index is 913. The van der Waals surface area contributed by atoms with Gasteiger partial charge in [-0.2, -0.15) is 0 Å². The van der Waals surface area contributed by atoms with Crippen LogP contribution in [0.15, 0.2) is 36.4 Å². The molecule has 7 nitrogen and oxygen atoms in total. The molecule has 8 heteroatoms. The predicted molar refractivity (Wildman–Crippen MR) is 104 cm³/mol. The van der Waals surface area contributed by atoms with Crippen molar-refractivity contribution in [3.63, 3.8) is 0 Å². The molecular weight excluding hydrogens is 366 g/mol. The Hall–Kier alpha value is -2.80. The summed E-state index contributed by atoms with van der Waals surface area (Å²) in [5.41, 5.74) is 3.20. The van der Waals surface area contributed by atoms with Crippen LogP contribution in [-0.2, 0) is 20.2 Å². The number of tetrazole rings is 1. The Morgan fingerprint density at radius 3 is 2.70 bits per heavy atom. The second-order valence-electron chi connectivity index (χ2n) is 6.10. The number of aromatic nitrogens is 4. The second kappa shape index (κ2) is 8.73. The number of nitrogens with one attached hydrogen (secondary N) is 1. The van der Waals surface area contributed by atoms with E-state index in [1.807, 2.05) is 31.2 Å². The van der Waals surface area contributed by atoms with Crippen molar-refractivity contribution in [2.24, 2.45) is 7.05 Å². The van der Waals surface area contributed by atoms with Gasteiger partial charge in [-0.25, -0.2) is 4.68 Å². The van der Waals surface area contributed by atoms with E-state index in [9.17, 15) is 0 Å². The lowest BCUT2D eigenvalue weighted by Crippen LogP contribution is -2.07. The number of rotatable bonds is 8. The number of benzene rings is 2. The van der Waals surface area contributed by atoms with Crippen LogP contribution in [-0.4, -0.2) is 26.8 Å². The molecule has 0 aliphatic heterocycles. The van der Waals surface area contributed by atoms with Crippen LogP contribution in [0.4, 0.5) is 5.95 Å². The Kier molecular flexibility index (Phi) is 6.13. The van der Waals surface area contributed by atoms with Gasteiger partial charge in [0.25, 0.3) is 0 Å². The monoisotopic (exact) mass is 387 g/mol. The van der Waals surface area contributed by atoms with Gasteiger partial charge in [0.05, 0.1) is 11.6 Å². The van der Waals surface area contributed by atoms with Crippen LogP contribution in [0.3, 0.4) is 0 Å². The fraction of sp³-hybridized carbons (Fsp3) is 0.316. The molecule has 1 aromatic heterocycles. The molecule has 0 fully saturated rings. The minimum atomic E-state index is 0.420. The highest BCUT2D eigenvalue weighted by molar-refractivity contribution is 6.32. The lowest BCUT2D eigenvalue weighted by atomic mass is 10.1. The number of anilines is 1. The topological polar surface area (TPSA) is 74.1 Å². The molecule has 0 bridgehead atoms. The maximum atomic E-state index is 6.48. The summed E-state index contributed by atoms with van der Waals surface area (Å²) in [5, 5.41) is 15.0. The fourth-order valence-corrected chi connectivity index (χ4v) is 2.93. The highest BCUT2D eigenvalue weighted by Crippen LogP contribution is 2.37. The van der Waals surface area contributed by atoms with E-state index in [4.69, 9.17) is 21.1 Å². The molecule has 0 radical (unpaired) electrons. The summed E-state index contributed by atoms with van der Waals surface area (Å²) < 4.78 is 13.3. The zero-order valence-corrected chi connectivity index (χ0v) is 16.3. The van der Waals surface area contributed by atoms with Crippen molar-refractivity contribution in [1.82, 2.24) is 20.2 Å². The van der Waals surface area contributed by atoms with Gasteiger partial charge in [-0.1, -0.05) is 46.5 Å². The summed E-state index contributed by atoms with van der Waals surface area (Å²) in [6.45, 7) is 5.42. The molecule has 2 aromatic carbocycles. The number of halogens is 1. The molecule has 0 unspecified atom stereocenters. The molecule has 27 heavy (non-hydrogen) atoms. The van der Waals surface area contributed by atoms with E-state index in [2.05, 4.69) is 39.9 Å². The summed E-state index contributed by atoms with van der Waals surface area (Å²) in [7, 11) is 1.77. The number of ether oxygens (including phenoxy) is 2. The zero-order valence-electron chi connectivity index (χ0n) is 15.6. The lowest BCUT2D eigenvalue weighted by molar-refractivity contribution is 0.269. The smallest absolute Gasteiger partial charge is 0.242 e. The van der Waals surface area contributed by atoms with Gasteiger partial charge in [0.1, 0.15) is 6.61 Å². The van der Waals surface area contributed by atoms with E-state index >= 15 is 0 Å². The maximum absolute atomic E-state index is 6.48. The van der Waals surface area contributed by atoms with Crippen LogP contribution in [0.2, 0.25) is 5.02 Å². The van der Waals surface area contributed by atoms with Crippen LogP contribution in [0.5, 0.6) is 11.5 Å². The molecule has 3 rings (SSSR count). The van der Waals surface area contributed by atoms with Crippen molar-refractivity contribution in [3.05, 3.63) is 58.1 Å². The van der Waals surface area contributed by atoms with E-state index in [0.29, 0.717) is 42.2 Å². The van der Waals surface area contributed by atoms with Crippen LogP contribution >= 0.6 is 11.6 Å². The van der Waals surface area contributed by atoms with Crippen molar-refractivity contribution < 1.29 is 9.47 Å². The third kappa shape index (κ3) is 4.89. The molecule has 0 saturated heterocycles. The highest BCUT2D eigenvalue weighted by atomic mass is 35.5. The average Bonchev–Trinajstić information content (AvgIpc) is 3.04. The number of hydrogen-bond donors (Lipinski definition) is 1. The molecule has 1 heterocycles. The van der Waals surface area contributed by atoms with Gasteiger partial charge >= 0.3 is 0 Å². The largest absolute Gasteiger partial charge is 0.490 e. The molecule has 0 aliphatic rings. The molecule has 1 N–H and O–H groups in total. The molecule has 0 amide bonds. The summed E-state index contributed by atoms with van der Waals surface area (Å²) in [6.07, 6.45) is 0. The first-order chi connectivity index (χ1) is 13.1. The van der Waals surface area contributed by atoms with Crippen molar-refractivity contribution in [3.8, 4) is 11.5 Å². The number of nitrogens with zero attached hydrogens (tertiary/aromatic N) is 4. The van der Waals surface area contributed by atoms with Crippen molar-refractivity contribution in [1.29, 1.82) is 0 Å².